The van der Waals surface area contributed by atoms with Crippen LogP contribution in [0.25, 0.3) is 0 Å². The summed E-state index contributed by atoms with van der Waals surface area (Å²) in [6.45, 7) is 1.84. The van der Waals surface area contributed by atoms with Crippen LogP contribution in [-0.2, 0) is 6.54 Å². The lowest BCUT2D eigenvalue weighted by atomic mass is 10.2. The molecule has 1 saturated carbocycles. The van der Waals surface area contributed by atoms with E-state index in [-0.39, 0.29) is 0 Å². The Morgan fingerprint density at radius 1 is 1.41 bits per heavy atom. The van der Waals surface area contributed by atoms with Crippen molar-refractivity contribution in [3.05, 3.63) is 34.3 Å². The number of guanidine groups is 1. The van der Waals surface area contributed by atoms with Gasteiger partial charge in [0, 0.05) is 24.6 Å². The van der Waals surface area contributed by atoms with E-state index in [1.54, 1.807) is 0 Å². The van der Waals surface area contributed by atoms with Gasteiger partial charge in [0.2, 0.25) is 0 Å². The van der Waals surface area contributed by atoms with Crippen molar-refractivity contribution in [1.29, 1.82) is 0 Å². The van der Waals surface area contributed by atoms with Gasteiger partial charge in [0.15, 0.2) is 5.96 Å². The fourth-order valence-electron chi connectivity index (χ4n) is 1.62. The van der Waals surface area contributed by atoms with Crippen LogP contribution < -0.4 is 10.6 Å². The fourth-order valence-corrected chi connectivity index (χ4v) is 2.06. The minimum Gasteiger partial charge on any atom is -0.356 e. The molecule has 0 aliphatic heterocycles. The predicted octanol–water partition coefficient (Wildman–Crippen LogP) is 2.52. The Kier molecular flexibility index (Phi) is 4.42. The Hall–Kier alpha value is -1.03. The molecule has 1 aliphatic carbocycles. The van der Waals surface area contributed by atoms with Crippen LogP contribution in [0.4, 0.5) is 0 Å². The summed E-state index contributed by atoms with van der Waals surface area (Å²) in [5, 5.41) is 6.66. The monoisotopic (exact) mass is 295 g/mol. The molecule has 1 fully saturated rings. The van der Waals surface area contributed by atoms with E-state index in [4.69, 9.17) is 0 Å². The van der Waals surface area contributed by atoms with Gasteiger partial charge in [-0.15, -0.1) is 0 Å². The van der Waals surface area contributed by atoms with Crippen molar-refractivity contribution in [3.63, 3.8) is 0 Å². The Morgan fingerprint density at radius 3 is 2.88 bits per heavy atom. The summed E-state index contributed by atoms with van der Waals surface area (Å²) in [5.41, 5.74) is 1.24. The zero-order valence-electron chi connectivity index (χ0n) is 10.0. The maximum absolute atomic E-state index is 4.21. The summed E-state index contributed by atoms with van der Waals surface area (Å²) in [4.78, 5) is 4.21. The molecule has 1 aromatic rings. The van der Waals surface area contributed by atoms with Gasteiger partial charge in [-0.1, -0.05) is 28.1 Å². The second-order valence-corrected chi connectivity index (χ2v) is 5.30. The molecule has 0 saturated heterocycles. The quantitative estimate of drug-likeness (QED) is 0.661. The first-order valence-corrected chi connectivity index (χ1v) is 6.76. The average Bonchev–Trinajstić information content (AvgIpc) is 3.13. The first-order valence-electron chi connectivity index (χ1n) is 5.97. The number of rotatable bonds is 4. The highest BCUT2D eigenvalue weighted by atomic mass is 79.9. The summed E-state index contributed by atoms with van der Waals surface area (Å²) < 4.78 is 1.11. The molecule has 0 unspecified atom stereocenters. The topological polar surface area (TPSA) is 36.4 Å². The molecule has 1 aliphatic rings. The molecule has 0 spiro atoms. The van der Waals surface area contributed by atoms with E-state index < -0.39 is 0 Å². The van der Waals surface area contributed by atoms with Crippen molar-refractivity contribution in [2.45, 2.75) is 19.4 Å². The van der Waals surface area contributed by atoms with Gasteiger partial charge in [-0.2, -0.15) is 0 Å². The lowest BCUT2D eigenvalue weighted by Crippen LogP contribution is -2.37. The zero-order valence-corrected chi connectivity index (χ0v) is 11.6. The summed E-state index contributed by atoms with van der Waals surface area (Å²) >= 11 is 3.47. The van der Waals surface area contributed by atoms with E-state index >= 15 is 0 Å². The van der Waals surface area contributed by atoms with Gasteiger partial charge in [-0.25, -0.2) is 0 Å². The van der Waals surface area contributed by atoms with Gasteiger partial charge in [0.05, 0.1) is 0 Å². The number of benzene rings is 1. The molecule has 0 aromatic heterocycles. The molecule has 1 aromatic carbocycles. The van der Waals surface area contributed by atoms with Gasteiger partial charge in [0.25, 0.3) is 0 Å². The molecule has 0 heterocycles. The van der Waals surface area contributed by atoms with E-state index in [9.17, 15) is 0 Å². The Bertz CT molecular complexity index is 399. The molecule has 2 rings (SSSR count). The summed E-state index contributed by atoms with van der Waals surface area (Å²) in [7, 11) is 1.81. The maximum Gasteiger partial charge on any atom is 0.191 e. The van der Waals surface area contributed by atoms with E-state index in [1.807, 2.05) is 19.2 Å². The highest BCUT2D eigenvalue weighted by Crippen LogP contribution is 2.27. The maximum atomic E-state index is 4.21. The molecule has 92 valence electrons. The third-order valence-electron chi connectivity index (χ3n) is 2.83. The molecule has 17 heavy (non-hydrogen) atoms. The van der Waals surface area contributed by atoms with Crippen LogP contribution in [0.3, 0.4) is 0 Å². The average molecular weight is 296 g/mol. The Balaban J connectivity index is 1.78. The smallest absolute Gasteiger partial charge is 0.191 e. The van der Waals surface area contributed by atoms with E-state index in [0.717, 1.165) is 29.4 Å². The minimum absolute atomic E-state index is 0.795. The first kappa shape index (κ1) is 12.4. The zero-order chi connectivity index (χ0) is 12.1. The van der Waals surface area contributed by atoms with E-state index in [0.29, 0.717) is 0 Å². The van der Waals surface area contributed by atoms with Crippen LogP contribution in [0.5, 0.6) is 0 Å². The van der Waals surface area contributed by atoms with E-state index in [1.165, 1.54) is 18.4 Å². The molecular formula is C13H18BrN3. The number of halogens is 1. The number of hydrogen-bond donors (Lipinski definition) is 2. The summed E-state index contributed by atoms with van der Waals surface area (Å²) in [6, 6.07) is 8.29. The van der Waals surface area contributed by atoms with Gasteiger partial charge < -0.3 is 10.6 Å². The standard InChI is InChI=1S/C13H18BrN3/c1-15-13(16-8-10-5-6-10)17-9-11-3-2-4-12(14)7-11/h2-4,7,10H,5-6,8-9H2,1H3,(H2,15,16,17). The normalized spacial score (nSPS) is 15.8. The van der Waals surface area contributed by atoms with Crippen LogP contribution in [0.1, 0.15) is 18.4 Å². The third-order valence-corrected chi connectivity index (χ3v) is 3.32. The van der Waals surface area contributed by atoms with Crippen molar-refractivity contribution < 1.29 is 0 Å². The molecule has 0 atom stereocenters. The molecular weight excluding hydrogens is 278 g/mol. The number of nitrogens with one attached hydrogen (secondary N) is 2. The summed E-state index contributed by atoms with van der Waals surface area (Å²) in [5.74, 6) is 1.75. The number of hydrogen-bond acceptors (Lipinski definition) is 1. The first-order chi connectivity index (χ1) is 8.28. The van der Waals surface area contributed by atoms with Crippen LogP contribution in [-0.4, -0.2) is 19.6 Å². The van der Waals surface area contributed by atoms with Crippen molar-refractivity contribution >= 4 is 21.9 Å². The highest BCUT2D eigenvalue weighted by Gasteiger charge is 2.20. The SMILES string of the molecule is CN=C(NCc1cccc(Br)c1)NCC1CC1. The molecule has 2 N–H and O–H groups in total. The van der Waals surface area contributed by atoms with Crippen molar-refractivity contribution in [2.75, 3.05) is 13.6 Å². The van der Waals surface area contributed by atoms with Crippen LogP contribution in [0.15, 0.2) is 33.7 Å². The lowest BCUT2D eigenvalue weighted by Gasteiger charge is -2.11. The number of aliphatic imine (C=N–C) groups is 1. The predicted molar refractivity (Wildman–Crippen MR) is 75.1 cm³/mol. The van der Waals surface area contributed by atoms with Crippen molar-refractivity contribution in [2.24, 2.45) is 10.9 Å². The highest BCUT2D eigenvalue weighted by molar-refractivity contribution is 9.10. The van der Waals surface area contributed by atoms with Crippen LogP contribution in [0, 0.1) is 5.92 Å². The van der Waals surface area contributed by atoms with Gasteiger partial charge in [-0.05, 0) is 36.5 Å². The molecule has 4 heteroatoms. The Labute approximate surface area is 111 Å². The molecule has 0 radical (unpaired) electrons. The fraction of sp³-hybridized carbons (Fsp3) is 0.462. The van der Waals surface area contributed by atoms with Crippen molar-refractivity contribution in [3.8, 4) is 0 Å². The van der Waals surface area contributed by atoms with E-state index in [2.05, 4.69) is 43.7 Å². The molecule has 0 amide bonds. The second kappa shape index (κ2) is 6.05. The second-order valence-electron chi connectivity index (χ2n) is 4.38. The molecule has 0 bridgehead atoms. The number of nitrogens with zero attached hydrogens (tertiary/aromatic N) is 1. The summed E-state index contributed by atoms with van der Waals surface area (Å²) in [6.07, 6.45) is 2.71. The third kappa shape index (κ3) is 4.38. The largest absolute Gasteiger partial charge is 0.356 e. The molecule has 3 nitrogen and oxygen atoms in total. The lowest BCUT2D eigenvalue weighted by molar-refractivity contribution is 0.737. The van der Waals surface area contributed by atoms with Crippen molar-refractivity contribution in [1.82, 2.24) is 10.6 Å². The van der Waals surface area contributed by atoms with Crippen LogP contribution >= 0.6 is 15.9 Å². The van der Waals surface area contributed by atoms with Gasteiger partial charge in [-0.3, -0.25) is 4.99 Å². The minimum atomic E-state index is 0.795. The van der Waals surface area contributed by atoms with Crippen LogP contribution in [0.2, 0.25) is 0 Å². The Morgan fingerprint density at radius 2 is 2.24 bits per heavy atom. The van der Waals surface area contributed by atoms with Gasteiger partial charge >= 0.3 is 0 Å². The van der Waals surface area contributed by atoms with Gasteiger partial charge in [0.1, 0.15) is 0 Å².